The van der Waals surface area contributed by atoms with Crippen LogP contribution in [0.25, 0.3) is 11.4 Å². The maximum absolute atomic E-state index is 13.0. The largest absolute Gasteiger partial charge is 0.462 e. The van der Waals surface area contributed by atoms with Gasteiger partial charge in [0.2, 0.25) is 0 Å². The van der Waals surface area contributed by atoms with E-state index in [-0.39, 0.29) is 41.4 Å². The number of esters is 1. The number of thiazole rings is 1. The molecule has 0 unspecified atom stereocenters. The van der Waals surface area contributed by atoms with Crippen LogP contribution in [-0.4, -0.2) is 108 Å². The lowest BCUT2D eigenvalue weighted by Gasteiger charge is -2.37. The number of aromatic nitrogens is 4. The minimum Gasteiger partial charge on any atom is -0.462 e. The van der Waals surface area contributed by atoms with E-state index < -0.39 is 5.97 Å². The minimum atomic E-state index is -0.499. The van der Waals surface area contributed by atoms with Crippen molar-refractivity contribution in [1.29, 1.82) is 0 Å². The zero-order valence-electron chi connectivity index (χ0n) is 24.4. The standard InChI is InChI=1S/C27H33Cl2N9O5S/c1-4-43-25(40)23-21(16-11-33-18(12-32-16)30-6-9-37-10-7-31-26(37)41)36-27(44-23)38-8-5-15(17(13-38)42-3)35-24(39)22-20(29)19(28)14(2)34-22/h11-12,15,17,34H,4-10,13H2,1-3H3,(H,30,33)(H,31,41)(H,35,39)/t15-,17+/m1/s1. The Morgan fingerprint density at radius 3 is 2.66 bits per heavy atom. The molecule has 0 aromatic carbocycles. The van der Waals surface area contributed by atoms with Crippen LogP contribution in [0.3, 0.4) is 0 Å². The molecule has 0 radical (unpaired) electrons. The first-order valence-electron chi connectivity index (χ1n) is 14.1. The maximum atomic E-state index is 13.0. The molecule has 0 saturated carbocycles. The van der Waals surface area contributed by atoms with Crippen LogP contribution in [0, 0.1) is 6.92 Å². The van der Waals surface area contributed by atoms with Crippen LogP contribution in [0.5, 0.6) is 0 Å². The van der Waals surface area contributed by atoms with Crippen molar-refractivity contribution < 1.29 is 23.9 Å². The van der Waals surface area contributed by atoms with Crippen LogP contribution in [0.2, 0.25) is 10.0 Å². The molecule has 5 heterocycles. The number of hydrogen-bond acceptors (Lipinski definition) is 11. The topological polar surface area (TPSA) is 167 Å². The number of hydrogen-bond donors (Lipinski definition) is 4. The lowest BCUT2D eigenvalue weighted by molar-refractivity contribution is 0.0531. The second-order valence-electron chi connectivity index (χ2n) is 10.2. The highest BCUT2D eigenvalue weighted by molar-refractivity contribution is 7.17. The van der Waals surface area contributed by atoms with Crippen LogP contribution < -0.4 is 20.9 Å². The van der Waals surface area contributed by atoms with Gasteiger partial charge in [0.1, 0.15) is 27.8 Å². The van der Waals surface area contributed by atoms with Gasteiger partial charge in [0.25, 0.3) is 5.91 Å². The summed E-state index contributed by atoms with van der Waals surface area (Å²) in [4.78, 5) is 58.3. The Morgan fingerprint density at radius 1 is 1.20 bits per heavy atom. The molecule has 5 rings (SSSR count). The zero-order chi connectivity index (χ0) is 31.4. The Bertz CT molecular complexity index is 1520. The number of methoxy groups -OCH3 is 1. The van der Waals surface area contributed by atoms with Gasteiger partial charge in [0.15, 0.2) is 5.13 Å². The molecule has 2 fully saturated rings. The molecule has 236 valence electrons. The summed E-state index contributed by atoms with van der Waals surface area (Å²) in [6.07, 6.45) is 3.30. The third kappa shape index (κ3) is 6.85. The molecule has 2 aliphatic rings. The summed E-state index contributed by atoms with van der Waals surface area (Å²) >= 11 is 13.6. The van der Waals surface area contributed by atoms with Gasteiger partial charge < -0.3 is 40.2 Å². The number of urea groups is 1. The Morgan fingerprint density at radius 2 is 2.02 bits per heavy atom. The van der Waals surface area contributed by atoms with Gasteiger partial charge in [-0.3, -0.25) is 4.79 Å². The predicted octanol–water partition coefficient (Wildman–Crippen LogP) is 3.18. The highest BCUT2D eigenvalue weighted by Gasteiger charge is 2.34. The Hall–Kier alpha value is -3.66. The van der Waals surface area contributed by atoms with E-state index in [4.69, 9.17) is 37.7 Å². The maximum Gasteiger partial charge on any atom is 0.350 e. The summed E-state index contributed by atoms with van der Waals surface area (Å²) in [6.45, 7) is 7.01. The molecule has 44 heavy (non-hydrogen) atoms. The number of ether oxygens (including phenoxy) is 2. The summed E-state index contributed by atoms with van der Waals surface area (Å²) < 4.78 is 11.1. The third-order valence-electron chi connectivity index (χ3n) is 7.33. The van der Waals surface area contributed by atoms with E-state index in [0.717, 1.165) is 0 Å². The molecule has 2 atom stereocenters. The predicted molar refractivity (Wildman–Crippen MR) is 167 cm³/mol. The number of aromatic amines is 1. The number of halogens is 2. The molecule has 4 N–H and O–H groups in total. The van der Waals surface area contributed by atoms with Gasteiger partial charge in [-0.15, -0.1) is 0 Å². The van der Waals surface area contributed by atoms with Crippen molar-refractivity contribution in [3.05, 3.63) is 38.7 Å². The number of carbonyl (C=O) groups excluding carboxylic acids is 3. The van der Waals surface area contributed by atoms with Gasteiger partial charge in [0.05, 0.1) is 41.2 Å². The number of nitrogens with zero attached hydrogens (tertiary/aromatic N) is 5. The summed E-state index contributed by atoms with van der Waals surface area (Å²) in [5.41, 5.74) is 1.61. The van der Waals surface area contributed by atoms with Crippen molar-refractivity contribution in [2.24, 2.45) is 0 Å². The molecular formula is C27H33Cl2N9O5S. The Balaban J connectivity index is 1.28. The van der Waals surface area contributed by atoms with Crippen LogP contribution in [0.4, 0.5) is 15.7 Å². The quantitative estimate of drug-likeness (QED) is 0.223. The molecule has 0 spiro atoms. The molecule has 2 saturated heterocycles. The molecule has 2 aliphatic heterocycles. The lowest BCUT2D eigenvalue weighted by Crippen LogP contribution is -2.55. The van der Waals surface area contributed by atoms with Crippen LogP contribution in [0.15, 0.2) is 12.4 Å². The highest BCUT2D eigenvalue weighted by atomic mass is 35.5. The Kier molecular flexibility index (Phi) is 10.1. The third-order valence-corrected chi connectivity index (χ3v) is 9.38. The number of carbonyl (C=O) groups is 3. The second kappa shape index (κ2) is 14.0. The lowest BCUT2D eigenvalue weighted by atomic mass is 10.0. The van der Waals surface area contributed by atoms with Crippen LogP contribution in [0.1, 0.15) is 39.2 Å². The fourth-order valence-electron chi connectivity index (χ4n) is 5.00. The molecule has 0 aliphatic carbocycles. The van der Waals surface area contributed by atoms with Gasteiger partial charge in [-0.1, -0.05) is 34.5 Å². The highest BCUT2D eigenvalue weighted by Crippen LogP contribution is 2.35. The monoisotopic (exact) mass is 665 g/mol. The van der Waals surface area contributed by atoms with Crippen molar-refractivity contribution in [2.45, 2.75) is 32.4 Å². The van der Waals surface area contributed by atoms with Crippen molar-refractivity contribution in [3.63, 3.8) is 0 Å². The van der Waals surface area contributed by atoms with E-state index in [1.165, 1.54) is 11.3 Å². The van der Waals surface area contributed by atoms with Gasteiger partial charge in [-0.2, -0.15) is 0 Å². The molecule has 17 heteroatoms. The van der Waals surface area contributed by atoms with Crippen molar-refractivity contribution in [1.82, 2.24) is 35.5 Å². The van der Waals surface area contributed by atoms with Gasteiger partial charge in [-0.25, -0.2) is 24.5 Å². The number of aryl methyl sites for hydroxylation is 1. The van der Waals surface area contributed by atoms with Crippen molar-refractivity contribution >= 4 is 63.4 Å². The number of amides is 3. The molecule has 3 amide bonds. The number of piperidine rings is 1. The number of rotatable bonds is 11. The SMILES string of the molecule is CCOC(=O)c1sc(N2CC[C@@H](NC(=O)c3[nH]c(C)c(Cl)c3Cl)[C@@H](OC)C2)nc1-c1cnc(NCCN2CCNC2=O)cn1. The molecule has 3 aromatic heterocycles. The van der Waals surface area contributed by atoms with Crippen LogP contribution in [-0.2, 0) is 9.47 Å². The van der Waals surface area contributed by atoms with Crippen LogP contribution >= 0.6 is 34.5 Å². The fraction of sp³-hybridized carbons (Fsp3) is 0.481. The molecular weight excluding hydrogens is 633 g/mol. The van der Waals surface area contributed by atoms with E-state index in [0.29, 0.717) is 83.6 Å². The first-order chi connectivity index (χ1) is 21.2. The minimum absolute atomic E-state index is 0.0770. The normalized spacial score (nSPS) is 18.3. The fourth-order valence-corrected chi connectivity index (χ4v) is 6.42. The van der Waals surface area contributed by atoms with E-state index in [1.54, 1.807) is 38.3 Å². The van der Waals surface area contributed by atoms with Crippen molar-refractivity contribution in [3.8, 4) is 11.4 Å². The van der Waals surface area contributed by atoms with Crippen molar-refractivity contribution in [2.75, 3.05) is 63.2 Å². The van der Waals surface area contributed by atoms with E-state index in [9.17, 15) is 14.4 Å². The first-order valence-corrected chi connectivity index (χ1v) is 15.7. The number of nitrogens with one attached hydrogen (secondary N) is 4. The average molecular weight is 667 g/mol. The number of H-pyrrole nitrogens is 1. The number of anilines is 2. The molecule has 0 bridgehead atoms. The summed E-state index contributed by atoms with van der Waals surface area (Å²) in [7, 11) is 1.58. The zero-order valence-corrected chi connectivity index (χ0v) is 26.7. The summed E-state index contributed by atoms with van der Waals surface area (Å²) in [6, 6.07) is -0.372. The molecule has 3 aromatic rings. The van der Waals surface area contributed by atoms with Gasteiger partial charge >= 0.3 is 12.0 Å². The molecule has 14 nitrogen and oxygen atoms in total. The van der Waals surface area contributed by atoms with E-state index >= 15 is 0 Å². The van der Waals surface area contributed by atoms with Gasteiger partial charge in [-0.05, 0) is 20.3 Å². The van der Waals surface area contributed by atoms with E-state index in [2.05, 4.69) is 30.9 Å². The first kappa shape index (κ1) is 31.8. The second-order valence-corrected chi connectivity index (χ2v) is 11.9. The summed E-state index contributed by atoms with van der Waals surface area (Å²) in [5, 5.41) is 10.0. The Labute approximate surface area is 267 Å². The summed E-state index contributed by atoms with van der Waals surface area (Å²) in [5.74, 6) is -0.335. The smallest absolute Gasteiger partial charge is 0.350 e. The average Bonchev–Trinajstić information content (AvgIpc) is 3.72. The van der Waals surface area contributed by atoms with E-state index in [1.807, 2.05) is 4.90 Å². The van der Waals surface area contributed by atoms with Gasteiger partial charge in [0, 0.05) is 52.1 Å².